The SMILES string of the molecule is CCc1cc2c(-c3cc(C(C)(C)C)cc(C(C)(C)C)c3)c(CC)ccc2[cH-]1.CCc1cc2c(-c3cc(C(C)(C)C)cc(C(C)(C)C)c3)c(CC)ccc2[cH-]1.C[Si]C.[Cl][Zr+2][Cl]. The normalized spacial score (nSPS) is 11.9. The number of rotatable bonds is 6. The van der Waals surface area contributed by atoms with E-state index in [-0.39, 0.29) is 21.7 Å². The number of halogens is 2. The van der Waals surface area contributed by atoms with Gasteiger partial charge in [-0.15, -0.1) is 69.1 Å². The molecule has 0 fully saturated rings. The van der Waals surface area contributed by atoms with Gasteiger partial charge in [0.15, 0.2) is 0 Å². The number of benzene rings is 4. The molecular formula is C56H76Cl2SiZr. The van der Waals surface area contributed by atoms with Crippen molar-refractivity contribution in [3.8, 4) is 22.3 Å². The van der Waals surface area contributed by atoms with Gasteiger partial charge in [-0.2, -0.15) is 12.1 Å². The zero-order valence-electron chi connectivity index (χ0n) is 40.7. The van der Waals surface area contributed by atoms with E-state index >= 15 is 0 Å². The molecule has 0 unspecified atom stereocenters. The molecule has 4 heteroatoms. The molecule has 6 aromatic carbocycles. The first-order chi connectivity index (χ1) is 27.9. The summed E-state index contributed by atoms with van der Waals surface area (Å²) in [6.07, 6.45) is 4.29. The Hall–Kier alpha value is -2.22. The molecule has 0 aliphatic heterocycles. The molecule has 6 aromatic rings. The third-order valence-corrected chi connectivity index (χ3v) is 11.6. The van der Waals surface area contributed by atoms with Gasteiger partial charge in [-0.3, -0.25) is 0 Å². The van der Waals surface area contributed by atoms with Crippen LogP contribution in [0.15, 0.2) is 84.9 Å². The number of hydrogen-bond acceptors (Lipinski definition) is 0. The Morgan fingerprint density at radius 3 is 0.933 bits per heavy atom. The fraction of sp³-hybridized carbons (Fsp3) is 0.464. The molecule has 0 spiro atoms. The summed E-state index contributed by atoms with van der Waals surface area (Å²) in [5, 5.41) is 5.57. The van der Waals surface area contributed by atoms with E-state index in [1.54, 1.807) is 0 Å². The van der Waals surface area contributed by atoms with Crippen LogP contribution in [0, 0.1) is 0 Å². The monoisotopic (exact) mass is 936 g/mol. The summed E-state index contributed by atoms with van der Waals surface area (Å²) in [7, 11) is 11.0. The van der Waals surface area contributed by atoms with Crippen LogP contribution in [0.5, 0.6) is 0 Å². The summed E-state index contributed by atoms with van der Waals surface area (Å²) < 4.78 is 0. The molecular weight excluding hydrogens is 863 g/mol. The second-order valence-corrected chi connectivity index (χ2v) is 25.2. The standard InChI is InChI=1S/2C27H35.C2H6Si.2ClH.Zr/c2*1-9-18-13-20-12-11-19(10-2)25(24(20)14-18)21-15-22(26(3,4)5)17-23(16-21)27(6,7)8;1-3-2;;;/h2*11-17H,9-10H2,1-8H3;1-2H3;2*1H;/q2*-1;;;;+4/p-2. The molecule has 0 saturated heterocycles. The second kappa shape index (κ2) is 21.9. The fourth-order valence-corrected chi connectivity index (χ4v) is 7.73. The van der Waals surface area contributed by atoms with E-state index < -0.39 is 20.8 Å². The Labute approximate surface area is 388 Å². The molecule has 6 rings (SSSR count). The van der Waals surface area contributed by atoms with Crippen molar-refractivity contribution >= 4 is 48.1 Å². The molecule has 0 nitrogen and oxygen atoms in total. The van der Waals surface area contributed by atoms with Crippen LogP contribution >= 0.6 is 17.0 Å². The Morgan fingerprint density at radius 1 is 0.450 bits per heavy atom. The summed E-state index contributed by atoms with van der Waals surface area (Å²) >= 11 is -0.826. The molecule has 0 aliphatic rings. The average molecular weight is 939 g/mol. The zero-order chi connectivity index (χ0) is 45.4. The molecule has 0 amide bonds. The van der Waals surface area contributed by atoms with Crippen molar-refractivity contribution in [2.45, 2.75) is 171 Å². The minimum atomic E-state index is -0.826. The quantitative estimate of drug-likeness (QED) is 0.115. The maximum atomic E-state index is 4.93. The first-order valence-corrected chi connectivity index (χ1v) is 30.5. The second-order valence-electron chi connectivity index (χ2n) is 20.5. The number of fused-ring (bicyclic) bond motifs is 2. The predicted octanol–water partition coefficient (Wildman–Crippen LogP) is 18.1. The van der Waals surface area contributed by atoms with Crippen molar-refractivity contribution in [2.24, 2.45) is 0 Å². The van der Waals surface area contributed by atoms with Gasteiger partial charge in [0.2, 0.25) is 0 Å². The van der Waals surface area contributed by atoms with Gasteiger partial charge < -0.3 is 0 Å². The third kappa shape index (κ3) is 13.4. The number of aryl methyl sites for hydroxylation is 4. The minimum absolute atomic E-state index is 0.136. The van der Waals surface area contributed by atoms with Crippen molar-refractivity contribution in [3.63, 3.8) is 0 Å². The molecule has 0 bridgehead atoms. The van der Waals surface area contributed by atoms with E-state index in [9.17, 15) is 0 Å². The molecule has 0 aromatic heterocycles. The predicted molar refractivity (Wildman–Crippen MR) is 271 cm³/mol. The zero-order valence-corrected chi connectivity index (χ0v) is 45.6. The van der Waals surface area contributed by atoms with E-state index in [1.165, 1.54) is 88.3 Å². The van der Waals surface area contributed by atoms with Crippen molar-refractivity contribution in [1.82, 2.24) is 0 Å². The Bertz CT molecular complexity index is 2060. The van der Waals surface area contributed by atoms with Gasteiger partial charge in [0.1, 0.15) is 0 Å². The first-order valence-electron chi connectivity index (χ1n) is 22.2. The molecule has 60 heavy (non-hydrogen) atoms. The topological polar surface area (TPSA) is 0 Å². The van der Waals surface area contributed by atoms with Gasteiger partial charge in [-0.05, 0) is 80.7 Å². The van der Waals surface area contributed by atoms with Crippen LogP contribution in [-0.2, 0) is 68.2 Å². The summed E-state index contributed by atoms with van der Waals surface area (Å²) in [6.45, 7) is 41.1. The van der Waals surface area contributed by atoms with Crippen LogP contribution in [0.4, 0.5) is 0 Å². The molecule has 0 saturated carbocycles. The maximum absolute atomic E-state index is 4.93. The van der Waals surface area contributed by atoms with Crippen molar-refractivity contribution < 1.29 is 20.8 Å². The van der Waals surface area contributed by atoms with E-state index in [2.05, 4.69) is 209 Å². The van der Waals surface area contributed by atoms with E-state index in [0.29, 0.717) is 0 Å². The average Bonchev–Trinajstić information content (AvgIpc) is 3.80. The number of hydrogen-bond donors (Lipinski definition) is 0. The van der Waals surface area contributed by atoms with Gasteiger partial charge in [0.25, 0.3) is 0 Å². The van der Waals surface area contributed by atoms with Crippen LogP contribution in [0.25, 0.3) is 43.8 Å². The third-order valence-electron chi connectivity index (χ3n) is 11.6. The summed E-state index contributed by atoms with van der Waals surface area (Å²) in [4.78, 5) is 0. The summed E-state index contributed by atoms with van der Waals surface area (Å²) in [5.74, 6) is 0. The van der Waals surface area contributed by atoms with E-state index in [1.807, 2.05) is 0 Å². The summed E-state index contributed by atoms with van der Waals surface area (Å²) in [6, 6.07) is 33.4. The van der Waals surface area contributed by atoms with E-state index in [0.717, 1.165) is 35.2 Å². The van der Waals surface area contributed by atoms with Crippen LogP contribution in [0.1, 0.15) is 155 Å². The van der Waals surface area contributed by atoms with E-state index in [4.69, 9.17) is 17.0 Å². The van der Waals surface area contributed by atoms with Crippen LogP contribution in [-0.4, -0.2) is 9.52 Å². The van der Waals surface area contributed by atoms with Crippen molar-refractivity contribution in [2.75, 3.05) is 0 Å². The van der Waals surface area contributed by atoms with Crippen molar-refractivity contribution in [3.05, 3.63) is 129 Å². The van der Waals surface area contributed by atoms with Gasteiger partial charge in [-0.25, -0.2) is 0 Å². The van der Waals surface area contributed by atoms with Gasteiger partial charge in [0, 0.05) is 9.52 Å². The van der Waals surface area contributed by atoms with Crippen LogP contribution in [0.3, 0.4) is 0 Å². The molecule has 0 heterocycles. The Kier molecular flexibility index (Phi) is 19.0. The summed E-state index contributed by atoms with van der Waals surface area (Å²) in [5.41, 5.74) is 17.6. The molecule has 322 valence electrons. The fourth-order valence-electron chi connectivity index (χ4n) is 7.73. The molecule has 2 radical (unpaired) electrons. The molecule has 0 aliphatic carbocycles. The van der Waals surface area contributed by atoms with Crippen molar-refractivity contribution in [1.29, 1.82) is 0 Å². The van der Waals surface area contributed by atoms with Gasteiger partial charge >= 0.3 is 37.9 Å². The van der Waals surface area contributed by atoms with Gasteiger partial charge in [-0.1, -0.05) is 183 Å². The molecule has 0 N–H and O–H groups in total. The first kappa shape index (κ1) is 52.1. The molecule has 0 atom stereocenters. The Morgan fingerprint density at radius 2 is 0.717 bits per heavy atom. The van der Waals surface area contributed by atoms with Crippen LogP contribution < -0.4 is 0 Å². The van der Waals surface area contributed by atoms with Crippen LogP contribution in [0.2, 0.25) is 13.1 Å². The Balaban J connectivity index is 0.000000283. The van der Waals surface area contributed by atoms with Gasteiger partial charge in [0.05, 0.1) is 0 Å².